The minimum atomic E-state index is -4.48. The number of aromatic nitrogens is 4. The number of hydrogen-bond donors (Lipinski definition) is 7. The molecule has 1 saturated heterocycles. The van der Waals surface area contributed by atoms with Crippen molar-refractivity contribution in [2.45, 2.75) is 34.3 Å². The molecule has 0 aliphatic carbocycles. The third kappa shape index (κ3) is 6.08. The second-order valence-electron chi connectivity index (χ2n) is 8.10. The first-order valence-corrected chi connectivity index (χ1v) is 14.2. The third-order valence-corrected chi connectivity index (χ3v) is 8.75. The predicted molar refractivity (Wildman–Crippen MR) is 133 cm³/mol. The van der Waals surface area contributed by atoms with Gasteiger partial charge in [0.2, 0.25) is 11.1 Å². The zero-order valence-corrected chi connectivity index (χ0v) is 21.7. The van der Waals surface area contributed by atoms with Crippen LogP contribution in [0, 0.1) is 0 Å². The highest BCUT2D eigenvalue weighted by molar-refractivity contribution is 8.01. The highest BCUT2D eigenvalue weighted by Gasteiger charge is 2.55. The Morgan fingerprint density at radius 1 is 1.32 bits per heavy atom. The molecule has 4 rings (SSSR count). The summed E-state index contributed by atoms with van der Waals surface area (Å²) in [6, 6.07) is 3.54. The number of aliphatic carboxylic acids is 1. The highest BCUT2D eigenvalue weighted by atomic mass is 32.2. The highest BCUT2D eigenvalue weighted by Crippen LogP contribution is 2.44. The number of carbonyl (C=O) groups is 3. The maximum Gasteiger partial charge on any atom is 0.352 e. The summed E-state index contributed by atoms with van der Waals surface area (Å²) < 4.78 is 33.1. The smallest absolute Gasteiger partial charge is 0.352 e. The van der Waals surface area contributed by atoms with Gasteiger partial charge in [0.25, 0.3) is 5.91 Å². The number of benzene rings is 1. The number of nitrogens with one attached hydrogen (secondary N) is 3. The number of aromatic amines is 1. The molecule has 0 bridgehead atoms. The molecule has 2 aliphatic heterocycles. The molecular formula is C19H22N8O8S3. The molecule has 1 fully saturated rings. The van der Waals surface area contributed by atoms with E-state index in [1.165, 1.54) is 36.0 Å². The minimum absolute atomic E-state index is 0.00173. The quantitative estimate of drug-likeness (QED) is 0.0907. The first-order chi connectivity index (χ1) is 18.0. The number of fused-ring (bicyclic) bond motifs is 1. The summed E-state index contributed by atoms with van der Waals surface area (Å²) >= 11 is 2.22. The fourth-order valence-corrected chi connectivity index (χ4v) is 6.83. The molecule has 3 unspecified atom stereocenters. The average Bonchev–Trinajstić information content (AvgIpc) is 3.38. The summed E-state index contributed by atoms with van der Waals surface area (Å²) in [6.45, 7) is -0.235. The SMILES string of the molecule is NC(C(=O)NC1C(=O)N2C(C(=O)O)=C(C(CCNS(=O)(=O)O)Sc3nn[nH]n3)CS[C@@H]12)c1ccc(O)cc1. The van der Waals surface area contributed by atoms with Crippen LogP contribution in [0.3, 0.4) is 0 Å². The molecule has 1 aromatic carbocycles. The van der Waals surface area contributed by atoms with Crippen LogP contribution in [0.2, 0.25) is 0 Å². The molecule has 204 valence electrons. The predicted octanol–water partition coefficient (Wildman–Crippen LogP) is -1.41. The molecule has 1 aromatic heterocycles. The van der Waals surface area contributed by atoms with E-state index in [4.69, 9.17) is 10.3 Å². The van der Waals surface area contributed by atoms with Crippen LogP contribution in [0.5, 0.6) is 5.75 Å². The average molecular weight is 587 g/mol. The molecular weight excluding hydrogens is 564 g/mol. The summed E-state index contributed by atoms with van der Waals surface area (Å²) in [7, 11) is -4.48. The van der Waals surface area contributed by atoms with Gasteiger partial charge in [-0.2, -0.15) is 18.4 Å². The second-order valence-corrected chi connectivity index (χ2v) is 11.6. The number of rotatable bonds is 11. The van der Waals surface area contributed by atoms with Gasteiger partial charge in [0.05, 0.1) is 0 Å². The lowest BCUT2D eigenvalue weighted by Crippen LogP contribution is -2.71. The van der Waals surface area contributed by atoms with E-state index in [0.29, 0.717) is 11.1 Å². The van der Waals surface area contributed by atoms with Crippen LogP contribution in [0.1, 0.15) is 18.0 Å². The van der Waals surface area contributed by atoms with E-state index < -0.39 is 50.8 Å². The fraction of sp³-hybridized carbons (Fsp3) is 0.368. The van der Waals surface area contributed by atoms with Crippen molar-refractivity contribution < 1.29 is 37.6 Å². The lowest BCUT2D eigenvalue weighted by Gasteiger charge is -2.50. The van der Waals surface area contributed by atoms with Gasteiger partial charge in [-0.15, -0.1) is 22.0 Å². The molecule has 38 heavy (non-hydrogen) atoms. The van der Waals surface area contributed by atoms with Gasteiger partial charge in [-0.25, -0.2) is 4.79 Å². The topological polar surface area (TPSA) is 254 Å². The van der Waals surface area contributed by atoms with Crippen LogP contribution in [-0.2, 0) is 24.7 Å². The van der Waals surface area contributed by atoms with Crippen molar-refractivity contribution in [1.29, 1.82) is 0 Å². The van der Waals surface area contributed by atoms with Gasteiger partial charge in [-0.05, 0) is 34.9 Å². The summed E-state index contributed by atoms with van der Waals surface area (Å²) in [4.78, 5) is 39.1. The molecule has 2 aliphatic rings. The van der Waals surface area contributed by atoms with Crippen molar-refractivity contribution in [3.63, 3.8) is 0 Å². The van der Waals surface area contributed by atoms with Crippen molar-refractivity contribution >= 4 is 51.6 Å². The number of phenols is 1. The van der Waals surface area contributed by atoms with Crippen molar-refractivity contribution in [3.8, 4) is 5.75 Å². The Morgan fingerprint density at radius 3 is 2.63 bits per heavy atom. The van der Waals surface area contributed by atoms with Gasteiger partial charge in [-0.1, -0.05) is 23.9 Å². The van der Waals surface area contributed by atoms with Crippen LogP contribution in [-0.4, -0.2) is 95.5 Å². The summed E-state index contributed by atoms with van der Waals surface area (Å²) in [5.41, 5.74) is 6.42. The van der Waals surface area contributed by atoms with Gasteiger partial charge in [0.1, 0.15) is 28.9 Å². The summed E-state index contributed by atoms with van der Waals surface area (Å²) in [5, 5.41) is 34.1. The number of hydrogen-bond acceptors (Lipinski definition) is 12. The van der Waals surface area contributed by atoms with E-state index in [9.17, 15) is 33.0 Å². The van der Waals surface area contributed by atoms with E-state index >= 15 is 0 Å². The van der Waals surface area contributed by atoms with E-state index in [1.54, 1.807) is 0 Å². The largest absolute Gasteiger partial charge is 0.508 e. The monoisotopic (exact) mass is 586 g/mol. The number of aromatic hydroxyl groups is 1. The Hall–Kier alpha value is -3.23. The van der Waals surface area contributed by atoms with E-state index in [1.807, 2.05) is 4.72 Å². The standard InChI is InChI=1S/C19H22N8O8S3/c20-12(8-1-3-9(28)4-2-8)15(29)22-13-16(30)27-14(18(31)32)10(7-36-17(13)27)11(5-6-21-38(33,34)35)37-19-23-25-26-24-19/h1-4,11-13,17,21,28H,5-7,20H2,(H,22,29)(H,31,32)(H,33,34,35)(H,23,24,25,26)/t11?,12?,13?,17-/m0/s1. The van der Waals surface area contributed by atoms with Gasteiger partial charge in [-0.3, -0.25) is 19.0 Å². The third-order valence-electron chi connectivity index (χ3n) is 5.69. The first kappa shape index (κ1) is 27.8. The maximum absolute atomic E-state index is 13.0. The number of amides is 2. The van der Waals surface area contributed by atoms with Crippen LogP contribution in [0.25, 0.3) is 0 Å². The molecule has 4 atom stereocenters. The number of carbonyl (C=O) groups excluding carboxylic acids is 2. The number of tetrazole rings is 1. The number of β-lactam (4-membered cyclic amide) rings is 1. The maximum atomic E-state index is 13.0. The lowest BCUT2D eigenvalue weighted by molar-refractivity contribution is -0.150. The second kappa shape index (κ2) is 11.3. The Kier molecular flexibility index (Phi) is 8.23. The van der Waals surface area contributed by atoms with Crippen molar-refractivity contribution in [2.75, 3.05) is 12.3 Å². The minimum Gasteiger partial charge on any atom is -0.508 e. The van der Waals surface area contributed by atoms with Gasteiger partial charge < -0.3 is 21.3 Å². The van der Waals surface area contributed by atoms with Gasteiger partial charge in [0, 0.05) is 17.5 Å². The number of carboxylic acid groups (broad SMARTS) is 1. The summed E-state index contributed by atoms with van der Waals surface area (Å²) in [5.74, 6) is -2.55. The molecule has 2 amide bonds. The molecule has 0 spiro atoms. The molecule has 3 heterocycles. The van der Waals surface area contributed by atoms with Crippen molar-refractivity contribution in [1.82, 2.24) is 35.6 Å². The Bertz CT molecular complexity index is 1350. The number of H-pyrrole nitrogens is 1. The van der Waals surface area contributed by atoms with Crippen LogP contribution >= 0.6 is 23.5 Å². The number of nitrogens with zero attached hydrogens (tertiary/aromatic N) is 4. The molecule has 0 saturated carbocycles. The van der Waals surface area contributed by atoms with Crippen molar-refractivity contribution in [3.05, 3.63) is 41.1 Å². The first-order valence-electron chi connectivity index (χ1n) is 10.8. The zero-order valence-electron chi connectivity index (χ0n) is 19.2. The normalized spacial score (nSPS) is 20.9. The molecule has 16 nitrogen and oxygen atoms in total. The Morgan fingerprint density at radius 2 is 2.03 bits per heavy atom. The Labute approximate surface area is 223 Å². The number of thioether (sulfide) groups is 2. The zero-order chi connectivity index (χ0) is 27.6. The van der Waals surface area contributed by atoms with Crippen LogP contribution < -0.4 is 15.8 Å². The van der Waals surface area contributed by atoms with Crippen molar-refractivity contribution in [2.24, 2.45) is 5.73 Å². The molecule has 2 aromatic rings. The fourth-order valence-electron chi connectivity index (χ4n) is 3.92. The van der Waals surface area contributed by atoms with Crippen LogP contribution in [0.4, 0.5) is 0 Å². The number of carboxylic acids is 1. The van der Waals surface area contributed by atoms with E-state index in [-0.39, 0.29) is 35.3 Å². The van der Waals surface area contributed by atoms with Crippen LogP contribution in [0.15, 0.2) is 40.7 Å². The van der Waals surface area contributed by atoms with Gasteiger partial charge in [0.15, 0.2) is 0 Å². The summed E-state index contributed by atoms with van der Waals surface area (Å²) in [6.07, 6.45) is 0.0278. The van der Waals surface area contributed by atoms with E-state index in [0.717, 1.165) is 16.7 Å². The molecule has 19 heteroatoms. The molecule has 8 N–H and O–H groups in total. The van der Waals surface area contributed by atoms with E-state index in [2.05, 4.69) is 25.9 Å². The van der Waals surface area contributed by atoms with Gasteiger partial charge >= 0.3 is 16.3 Å². The Balaban J connectivity index is 1.53. The molecule has 0 radical (unpaired) electrons. The number of phenolic OH excluding ortho intramolecular Hbond substituents is 1. The number of nitrogens with two attached hydrogens (primary N) is 1. The lowest BCUT2D eigenvalue weighted by atomic mass is 9.99.